The minimum Gasteiger partial charge on any atom is -0.322 e. The maximum Gasteiger partial charge on any atom is 0.258 e. The predicted molar refractivity (Wildman–Crippen MR) is 101 cm³/mol. The van der Waals surface area contributed by atoms with Crippen LogP contribution in [0.2, 0.25) is 0 Å². The van der Waals surface area contributed by atoms with Crippen LogP contribution in [0.1, 0.15) is 55.5 Å². The predicted octanol–water partition coefficient (Wildman–Crippen LogP) is 4.04. The summed E-state index contributed by atoms with van der Waals surface area (Å²) < 4.78 is 13.8. The number of hydrogen-bond acceptors (Lipinski definition) is 3. The summed E-state index contributed by atoms with van der Waals surface area (Å²) in [5.74, 6) is -1.10. The zero-order valence-corrected chi connectivity index (χ0v) is 15.5. The molecule has 0 spiro atoms. The van der Waals surface area contributed by atoms with E-state index in [1.54, 1.807) is 6.07 Å². The Labute approximate surface area is 157 Å². The maximum absolute atomic E-state index is 13.8. The largest absolute Gasteiger partial charge is 0.322 e. The van der Waals surface area contributed by atoms with Gasteiger partial charge in [0.1, 0.15) is 0 Å². The molecule has 2 aromatic rings. The molecule has 140 valence electrons. The first-order valence-electron chi connectivity index (χ1n) is 9.28. The fourth-order valence-electron chi connectivity index (χ4n) is 4.15. The molecule has 0 bridgehead atoms. The Morgan fingerprint density at radius 1 is 1.26 bits per heavy atom. The van der Waals surface area contributed by atoms with Gasteiger partial charge in [0.05, 0.1) is 22.9 Å². The second kappa shape index (κ2) is 6.44. The molecule has 0 radical (unpaired) electrons. The van der Waals surface area contributed by atoms with Gasteiger partial charge in [-0.1, -0.05) is 18.9 Å². The number of nitrogens with one attached hydrogen (secondary N) is 1. The van der Waals surface area contributed by atoms with Crippen molar-refractivity contribution in [1.29, 1.82) is 0 Å². The number of carbonyl (C=O) groups excluding carboxylic acids is 2. The Bertz CT molecular complexity index is 919. The summed E-state index contributed by atoms with van der Waals surface area (Å²) in [5.41, 5.74) is 1.72. The molecule has 6 heteroatoms. The number of amides is 2. The lowest BCUT2D eigenvalue weighted by molar-refractivity contribution is -0.122. The molecule has 1 fully saturated rings. The summed E-state index contributed by atoms with van der Waals surface area (Å²) in [5, 5.41) is 2.74. The number of aromatic nitrogens is 1. The topological polar surface area (TPSA) is 62.3 Å². The first-order valence-corrected chi connectivity index (χ1v) is 9.28. The van der Waals surface area contributed by atoms with Crippen LogP contribution in [0.5, 0.6) is 0 Å². The molecule has 0 saturated heterocycles. The average molecular weight is 367 g/mol. The third kappa shape index (κ3) is 2.89. The zero-order chi connectivity index (χ0) is 19.2. The van der Waals surface area contributed by atoms with Crippen molar-refractivity contribution in [2.75, 3.05) is 10.2 Å². The third-order valence-electron chi connectivity index (χ3n) is 5.65. The van der Waals surface area contributed by atoms with Crippen LogP contribution < -0.4 is 10.2 Å². The number of rotatable bonds is 3. The van der Waals surface area contributed by atoms with Crippen molar-refractivity contribution in [3.05, 3.63) is 53.6 Å². The van der Waals surface area contributed by atoms with E-state index in [4.69, 9.17) is 0 Å². The fraction of sp³-hybridized carbons (Fsp3) is 0.381. The molecule has 4 rings (SSSR count). The Kier molecular flexibility index (Phi) is 4.21. The summed E-state index contributed by atoms with van der Waals surface area (Å²) in [6.07, 6.45) is 6.65. The number of benzene rings is 1. The lowest BCUT2D eigenvalue weighted by Crippen LogP contribution is -2.41. The number of fused-ring (bicyclic) bond motifs is 1. The molecular weight excluding hydrogens is 345 g/mol. The molecule has 0 unspecified atom stereocenters. The molecule has 1 aliphatic carbocycles. The van der Waals surface area contributed by atoms with E-state index < -0.39 is 17.1 Å². The van der Waals surface area contributed by atoms with Crippen LogP contribution >= 0.6 is 0 Å². The van der Waals surface area contributed by atoms with Gasteiger partial charge in [0, 0.05) is 17.9 Å². The molecule has 5 nitrogen and oxygen atoms in total. The summed E-state index contributed by atoms with van der Waals surface area (Å²) in [7, 11) is 0. The van der Waals surface area contributed by atoms with Crippen molar-refractivity contribution in [3.8, 4) is 0 Å². The summed E-state index contributed by atoms with van der Waals surface area (Å²) in [4.78, 5) is 31.0. The second-order valence-electron chi connectivity index (χ2n) is 7.78. The molecule has 1 saturated carbocycles. The lowest BCUT2D eigenvalue weighted by Gasteiger charge is -2.26. The van der Waals surface area contributed by atoms with Gasteiger partial charge in [-0.05, 0) is 50.5 Å². The van der Waals surface area contributed by atoms with Gasteiger partial charge in [-0.3, -0.25) is 14.6 Å². The average Bonchev–Trinajstić information content (AvgIpc) is 3.22. The van der Waals surface area contributed by atoms with Crippen LogP contribution in [0.3, 0.4) is 0 Å². The normalized spacial score (nSPS) is 18.6. The first-order chi connectivity index (χ1) is 12.9. The number of carbonyl (C=O) groups is 2. The van der Waals surface area contributed by atoms with Crippen LogP contribution in [0, 0.1) is 5.82 Å². The highest BCUT2D eigenvalue weighted by molar-refractivity contribution is 6.09. The molecule has 2 amide bonds. The van der Waals surface area contributed by atoms with Gasteiger partial charge < -0.3 is 10.2 Å². The van der Waals surface area contributed by atoms with E-state index >= 15 is 0 Å². The van der Waals surface area contributed by atoms with Gasteiger partial charge in [-0.2, -0.15) is 0 Å². The molecule has 1 N–H and O–H groups in total. The van der Waals surface area contributed by atoms with Gasteiger partial charge in [-0.25, -0.2) is 4.39 Å². The van der Waals surface area contributed by atoms with E-state index in [-0.39, 0.29) is 17.5 Å². The summed E-state index contributed by atoms with van der Waals surface area (Å²) in [6.45, 7) is 3.88. The van der Waals surface area contributed by atoms with Crippen molar-refractivity contribution < 1.29 is 14.0 Å². The quantitative estimate of drug-likeness (QED) is 0.891. The summed E-state index contributed by atoms with van der Waals surface area (Å²) >= 11 is 0. The van der Waals surface area contributed by atoms with Gasteiger partial charge in [-0.15, -0.1) is 0 Å². The third-order valence-corrected chi connectivity index (χ3v) is 5.65. The lowest BCUT2D eigenvalue weighted by atomic mass is 9.86. The molecule has 2 aliphatic rings. The molecule has 2 heterocycles. The summed E-state index contributed by atoms with van der Waals surface area (Å²) in [6, 6.07) is 7.04. The Hall–Kier alpha value is -2.76. The van der Waals surface area contributed by atoms with Crippen LogP contribution in [-0.2, 0) is 10.2 Å². The van der Waals surface area contributed by atoms with Crippen LogP contribution in [0.4, 0.5) is 15.8 Å². The minimum atomic E-state index is -0.667. The van der Waals surface area contributed by atoms with Gasteiger partial charge >= 0.3 is 0 Å². The highest BCUT2D eigenvalue weighted by Crippen LogP contribution is 2.45. The van der Waals surface area contributed by atoms with E-state index in [0.29, 0.717) is 5.69 Å². The molecule has 1 aliphatic heterocycles. The van der Waals surface area contributed by atoms with Crippen LogP contribution in [-0.4, -0.2) is 22.8 Å². The van der Waals surface area contributed by atoms with Gasteiger partial charge in [0.15, 0.2) is 5.82 Å². The second-order valence-corrected chi connectivity index (χ2v) is 7.78. The van der Waals surface area contributed by atoms with Crippen molar-refractivity contribution in [3.63, 3.8) is 0 Å². The number of halogens is 1. The van der Waals surface area contributed by atoms with E-state index in [2.05, 4.69) is 10.3 Å². The minimum absolute atomic E-state index is 0.0606. The fourth-order valence-corrected chi connectivity index (χ4v) is 4.15. The van der Waals surface area contributed by atoms with Crippen molar-refractivity contribution >= 4 is 23.2 Å². The number of anilines is 2. The Balaban J connectivity index is 1.67. The Morgan fingerprint density at radius 3 is 2.70 bits per heavy atom. The highest BCUT2D eigenvalue weighted by Gasteiger charge is 2.46. The SMILES string of the molecule is CC1(C)C(=O)N(C2CCCC2)c2cc(NC(=O)c3ccncc3F)ccc21. The monoisotopic (exact) mass is 367 g/mol. The van der Waals surface area contributed by atoms with E-state index in [9.17, 15) is 14.0 Å². The Morgan fingerprint density at radius 2 is 2.00 bits per heavy atom. The zero-order valence-electron chi connectivity index (χ0n) is 15.5. The molecule has 0 atom stereocenters. The standard InChI is InChI=1S/C21H22FN3O2/c1-21(2)16-8-7-13(24-19(26)15-9-10-23-12-17(15)22)11-18(16)25(20(21)27)14-5-3-4-6-14/h7-12,14H,3-6H2,1-2H3,(H,24,26). The first kappa shape index (κ1) is 17.6. The van der Waals surface area contributed by atoms with Crippen LogP contribution in [0.25, 0.3) is 0 Å². The van der Waals surface area contributed by atoms with Crippen molar-refractivity contribution in [1.82, 2.24) is 4.98 Å². The smallest absolute Gasteiger partial charge is 0.258 e. The molecule has 1 aromatic heterocycles. The number of nitrogens with zero attached hydrogens (tertiary/aromatic N) is 2. The van der Waals surface area contributed by atoms with Crippen molar-refractivity contribution in [2.24, 2.45) is 0 Å². The number of pyridine rings is 1. The maximum atomic E-state index is 13.8. The highest BCUT2D eigenvalue weighted by atomic mass is 19.1. The van der Waals surface area contributed by atoms with Gasteiger partial charge in [0.2, 0.25) is 5.91 Å². The van der Waals surface area contributed by atoms with E-state index in [1.165, 1.54) is 12.3 Å². The molecular formula is C21H22FN3O2. The molecule has 1 aromatic carbocycles. The van der Waals surface area contributed by atoms with Crippen molar-refractivity contribution in [2.45, 2.75) is 51.0 Å². The molecule has 27 heavy (non-hydrogen) atoms. The van der Waals surface area contributed by atoms with E-state index in [0.717, 1.165) is 43.1 Å². The number of hydrogen-bond donors (Lipinski definition) is 1. The van der Waals surface area contributed by atoms with E-state index in [1.807, 2.05) is 30.9 Å². The van der Waals surface area contributed by atoms with Crippen LogP contribution in [0.15, 0.2) is 36.7 Å². The van der Waals surface area contributed by atoms with Gasteiger partial charge in [0.25, 0.3) is 5.91 Å².